The molecule has 2 N–H and O–H groups in total. The Morgan fingerprint density at radius 2 is 1.70 bits per heavy atom. The fourth-order valence-electron chi connectivity index (χ4n) is 2.20. The molecule has 20 heavy (non-hydrogen) atoms. The van der Waals surface area contributed by atoms with Gasteiger partial charge in [-0.2, -0.15) is 0 Å². The Hall–Kier alpha value is -2.33. The first-order valence-electron chi connectivity index (χ1n) is 6.34. The molecule has 0 radical (unpaired) electrons. The minimum absolute atomic E-state index is 0.128. The van der Waals surface area contributed by atoms with Gasteiger partial charge in [-0.25, -0.2) is 0 Å². The first-order chi connectivity index (χ1) is 9.58. The molecule has 4 nitrogen and oxygen atoms in total. The average molecular weight is 271 g/mol. The van der Waals surface area contributed by atoms with Crippen LogP contribution in [0.15, 0.2) is 54.6 Å². The Labute approximate surface area is 117 Å². The minimum Gasteiger partial charge on any atom is -0.508 e. The molecule has 104 valence electrons. The minimum atomic E-state index is -0.908. The van der Waals surface area contributed by atoms with E-state index < -0.39 is 12.0 Å². The van der Waals surface area contributed by atoms with Gasteiger partial charge in [-0.15, -0.1) is 0 Å². The number of benzene rings is 2. The summed E-state index contributed by atoms with van der Waals surface area (Å²) < 4.78 is 0. The molecule has 0 saturated heterocycles. The van der Waals surface area contributed by atoms with E-state index in [0.717, 1.165) is 5.56 Å². The van der Waals surface area contributed by atoms with E-state index in [0.29, 0.717) is 12.1 Å². The van der Waals surface area contributed by atoms with Crippen LogP contribution in [0.5, 0.6) is 5.75 Å². The SMILES string of the molecule is CN(Cc1ccccc1)C(C(=O)O)c1ccc(O)cc1. The maximum absolute atomic E-state index is 11.5. The molecule has 4 heteroatoms. The highest BCUT2D eigenvalue weighted by Crippen LogP contribution is 2.23. The molecule has 1 unspecified atom stereocenters. The lowest BCUT2D eigenvalue weighted by Crippen LogP contribution is -2.30. The van der Waals surface area contributed by atoms with E-state index >= 15 is 0 Å². The average Bonchev–Trinajstić information content (AvgIpc) is 2.42. The number of likely N-dealkylation sites (N-methyl/N-ethyl adjacent to an activating group) is 1. The molecule has 2 aromatic rings. The number of carboxylic acids is 1. The number of hydrogen-bond donors (Lipinski definition) is 2. The molecule has 0 fully saturated rings. The third-order valence-corrected chi connectivity index (χ3v) is 3.16. The van der Waals surface area contributed by atoms with E-state index in [4.69, 9.17) is 0 Å². The van der Waals surface area contributed by atoms with E-state index in [2.05, 4.69) is 0 Å². The van der Waals surface area contributed by atoms with Crippen molar-refractivity contribution in [2.75, 3.05) is 7.05 Å². The van der Waals surface area contributed by atoms with Gasteiger partial charge >= 0.3 is 5.97 Å². The molecule has 0 aliphatic rings. The van der Waals surface area contributed by atoms with E-state index in [1.807, 2.05) is 30.3 Å². The lowest BCUT2D eigenvalue weighted by molar-refractivity contribution is -0.143. The van der Waals surface area contributed by atoms with Crippen molar-refractivity contribution in [1.29, 1.82) is 0 Å². The first kappa shape index (κ1) is 14.1. The fraction of sp³-hybridized carbons (Fsp3) is 0.188. The number of rotatable bonds is 5. The predicted molar refractivity (Wildman–Crippen MR) is 76.4 cm³/mol. The lowest BCUT2D eigenvalue weighted by Gasteiger charge is -2.25. The normalized spacial score (nSPS) is 12.3. The van der Waals surface area contributed by atoms with Crippen LogP contribution >= 0.6 is 0 Å². The van der Waals surface area contributed by atoms with Gasteiger partial charge in [0.1, 0.15) is 11.8 Å². The first-order valence-corrected chi connectivity index (χ1v) is 6.34. The van der Waals surface area contributed by atoms with Crippen LogP contribution in [-0.4, -0.2) is 28.1 Å². The highest BCUT2D eigenvalue weighted by atomic mass is 16.4. The molecule has 0 bridgehead atoms. The van der Waals surface area contributed by atoms with Gasteiger partial charge in [0.2, 0.25) is 0 Å². The summed E-state index contributed by atoms with van der Waals surface area (Å²) in [4.78, 5) is 13.3. The van der Waals surface area contributed by atoms with Crippen LogP contribution in [0.3, 0.4) is 0 Å². The van der Waals surface area contributed by atoms with Crippen molar-refractivity contribution in [2.24, 2.45) is 0 Å². The van der Waals surface area contributed by atoms with E-state index in [1.54, 1.807) is 24.1 Å². The number of carboxylic acid groups (broad SMARTS) is 1. The van der Waals surface area contributed by atoms with Crippen LogP contribution in [0, 0.1) is 0 Å². The molecule has 1 atom stereocenters. The highest BCUT2D eigenvalue weighted by molar-refractivity contribution is 5.75. The molecule has 0 aliphatic heterocycles. The number of phenolic OH excluding ortho intramolecular Hbond substituents is 1. The summed E-state index contributed by atoms with van der Waals surface area (Å²) in [6.45, 7) is 0.540. The second-order valence-corrected chi connectivity index (χ2v) is 4.73. The molecule has 0 heterocycles. The zero-order chi connectivity index (χ0) is 14.5. The van der Waals surface area contributed by atoms with Crippen molar-refractivity contribution in [3.8, 4) is 5.75 Å². The number of hydrogen-bond acceptors (Lipinski definition) is 3. The zero-order valence-electron chi connectivity index (χ0n) is 11.2. The Balaban J connectivity index is 2.20. The number of aliphatic carboxylic acids is 1. The van der Waals surface area contributed by atoms with Crippen LogP contribution in [0.1, 0.15) is 17.2 Å². The standard InChI is InChI=1S/C16H17NO3/c1-17(11-12-5-3-2-4-6-12)15(16(19)20)13-7-9-14(18)10-8-13/h2-10,15,18H,11H2,1H3,(H,19,20). The number of phenols is 1. The van der Waals surface area contributed by atoms with Gasteiger partial charge in [0.15, 0.2) is 0 Å². The third-order valence-electron chi connectivity index (χ3n) is 3.16. The number of aromatic hydroxyl groups is 1. The number of carbonyl (C=O) groups is 1. The monoisotopic (exact) mass is 271 g/mol. The van der Waals surface area contributed by atoms with Crippen LogP contribution < -0.4 is 0 Å². The Kier molecular flexibility index (Phi) is 4.38. The van der Waals surface area contributed by atoms with Crippen molar-refractivity contribution in [1.82, 2.24) is 4.90 Å². The molecule has 2 rings (SSSR count). The van der Waals surface area contributed by atoms with Crippen molar-refractivity contribution >= 4 is 5.97 Å². The largest absolute Gasteiger partial charge is 0.508 e. The predicted octanol–water partition coefficient (Wildman–Crippen LogP) is 2.65. The van der Waals surface area contributed by atoms with Crippen LogP contribution in [0.4, 0.5) is 0 Å². The molecular formula is C16H17NO3. The highest BCUT2D eigenvalue weighted by Gasteiger charge is 2.24. The second-order valence-electron chi connectivity index (χ2n) is 4.73. The van der Waals surface area contributed by atoms with Gasteiger partial charge in [0, 0.05) is 6.54 Å². The maximum atomic E-state index is 11.5. The topological polar surface area (TPSA) is 60.8 Å². The molecule has 0 saturated carbocycles. The van der Waals surface area contributed by atoms with Crippen molar-refractivity contribution in [3.63, 3.8) is 0 Å². The zero-order valence-corrected chi connectivity index (χ0v) is 11.2. The van der Waals surface area contributed by atoms with E-state index in [1.165, 1.54) is 12.1 Å². The summed E-state index contributed by atoms with van der Waals surface area (Å²) in [6, 6.07) is 15.3. The maximum Gasteiger partial charge on any atom is 0.325 e. The molecule has 2 aromatic carbocycles. The Morgan fingerprint density at radius 1 is 1.10 bits per heavy atom. The smallest absolute Gasteiger partial charge is 0.325 e. The number of nitrogens with zero attached hydrogens (tertiary/aromatic N) is 1. The molecule has 0 spiro atoms. The summed E-state index contributed by atoms with van der Waals surface area (Å²) in [6.07, 6.45) is 0. The summed E-state index contributed by atoms with van der Waals surface area (Å²) in [5.41, 5.74) is 1.70. The lowest BCUT2D eigenvalue weighted by atomic mass is 10.0. The fourth-order valence-corrected chi connectivity index (χ4v) is 2.20. The van der Waals surface area contributed by atoms with Gasteiger partial charge in [-0.05, 0) is 30.3 Å². The Morgan fingerprint density at radius 3 is 2.25 bits per heavy atom. The third kappa shape index (κ3) is 3.36. The van der Waals surface area contributed by atoms with Crippen LogP contribution in [0.25, 0.3) is 0 Å². The summed E-state index contributed by atoms with van der Waals surface area (Å²) in [7, 11) is 1.78. The molecule has 0 amide bonds. The summed E-state index contributed by atoms with van der Waals surface area (Å²) >= 11 is 0. The van der Waals surface area contributed by atoms with E-state index in [9.17, 15) is 15.0 Å². The van der Waals surface area contributed by atoms with Gasteiger partial charge < -0.3 is 10.2 Å². The van der Waals surface area contributed by atoms with Gasteiger partial charge in [0.25, 0.3) is 0 Å². The van der Waals surface area contributed by atoms with Gasteiger partial charge in [-0.3, -0.25) is 9.69 Å². The van der Waals surface area contributed by atoms with Crippen molar-refractivity contribution in [2.45, 2.75) is 12.6 Å². The van der Waals surface area contributed by atoms with E-state index in [-0.39, 0.29) is 5.75 Å². The van der Waals surface area contributed by atoms with Crippen molar-refractivity contribution in [3.05, 3.63) is 65.7 Å². The Bertz CT molecular complexity index is 566. The van der Waals surface area contributed by atoms with Gasteiger partial charge in [-0.1, -0.05) is 42.5 Å². The quantitative estimate of drug-likeness (QED) is 0.877. The summed E-state index contributed by atoms with van der Waals surface area (Å²) in [5, 5.41) is 18.7. The van der Waals surface area contributed by atoms with Crippen LogP contribution in [0.2, 0.25) is 0 Å². The molecule has 0 aromatic heterocycles. The van der Waals surface area contributed by atoms with Gasteiger partial charge in [0.05, 0.1) is 0 Å². The summed E-state index contributed by atoms with van der Waals surface area (Å²) in [5.74, 6) is -0.780. The molecular weight excluding hydrogens is 254 g/mol. The second kappa shape index (κ2) is 6.21. The molecule has 0 aliphatic carbocycles. The van der Waals surface area contributed by atoms with Crippen LogP contribution in [-0.2, 0) is 11.3 Å². The van der Waals surface area contributed by atoms with Crippen molar-refractivity contribution < 1.29 is 15.0 Å².